The molecule has 0 bridgehead atoms. The van der Waals surface area contributed by atoms with Gasteiger partial charge in [-0.25, -0.2) is 10.1 Å². The van der Waals surface area contributed by atoms with Gasteiger partial charge in [-0.15, -0.1) is 0 Å². The predicted octanol–water partition coefficient (Wildman–Crippen LogP) is 7.17. The van der Waals surface area contributed by atoms with Crippen molar-refractivity contribution in [1.29, 1.82) is 5.26 Å². The number of hydrogen-bond acceptors (Lipinski definition) is 3. The van der Waals surface area contributed by atoms with Gasteiger partial charge in [0.05, 0.1) is 12.6 Å². The minimum absolute atomic E-state index is 0.178. The van der Waals surface area contributed by atoms with Gasteiger partial charge in [-0.05, 0) is 73.2 Å². The van der Waals surface area contributed by atoms with Crippen LogP contribution in [0.5, 0.6) is 0 Å². The molecule has 1 aliphatic carbocycles. The van der Waals surface area contributed by atoms with Gasteiger partial charge in [0.15, 0.2) is 0 Å². The fourth-order valence-corrected chi connectivity index (χ4v) is 4.55. The molecule has 2 aromatic rings. The number of allylic oxidation sites excluding steroid dienone is 3. The van der Waals surface area contributed by atoms with Crippen LogP contribution < -0.4 is 4.90 Å². The Labute approximate surface area is 190 Å². The second kappa shape index (κ2) is 9.58. The minimum atomic E-state index is -0.281. The molecule has 1 aliphatic heterocycles. The quantitative estimate of drug-likeness (QED) is 0.388. The van der Waals surface area contributed by atoms with Crippen molar-refractivity contribution < 1.29 is 4.74 Å². The van der Waals surface area contributed by atoms with Gasteiger partial charge in [-0.1, -0.05) is 42.8 Å². The molecule has 4 rings (SSSR count). The molecule has 0 unspecified atom stereocenters. The van der Waals surface area contributed by atoms with Crippen molar-refractivity contribution in [2.45, 2.75) is 44.1 Å². The van der Waals surface area contributed by atoms with Crippen LogP contribution in [0.15, 0.2) is 83.8 Å². The van der Waals surface area contributed by atoms with Crippen molar-refractivity contribution in [3.63, 3.8) is 0 Å². The average Bonchev–Trinajstić information content (AvgIpc) is 2.84. The maximum atomic E-state index is 9.40. The lowest BCUT2D eigenvalue weighted by atomic mass is 9.78. The maximum absolute atomic E-state index is 9.40. The Bertz CT molecular complexity index is 1110. The zero-order valence-electron chi connectivity index (χ0n) is 18.4. The zero-order valence-corrected chi connectivity index (χ0v) is 18.4. The van der Waals surface area contributed by atoms with Crippen LogP contribution >= 0.6 is 0 Å². The van der Waals surface area contributed by atoms with Gasteiger partial charge in [0.25, 0.3) is 5.70 Å². The molecule has 1 fully saturated rings. The van der Waals surface area contributed by atoms with E-state index < -0.39 is 0 Å². The number of benzene rings is 2. The predicted molar refractivity (Wildman–Crippen MR) is 129 cm³/mol. The van der Waals surface area contributed by atoms with Crippen LogP contribution in [0.2, 0.25) is 0 Å². The van der Waals surface area contributed by atoms with Crippen molar-refractivity contribution in [3.05, 3.63) is 101 Å². The summed E-state index contributed by atoms with van der Waals surface area (Å²) in [4.78, 5) is 5.60. The Kier molecular flexibility index (Phi) is 6.43. The fourth-order valence-electron chi connectivity index (χ4n) is 4.55. The van der Waals surface area contributed by atoms with E-state index in [1.54, 1.807) is 0 Å². The van der Waals surface area contributed by atoms with Crippen LogP contribution in [-0.4, -0.2) is 12.6 Å². The van der Waals surface area contributed by atoms with Crippen molar-refractivity contribution in [3.8, 4) is 6.07 Å². The first kappa shape index (κ1) is 21.5. The molecule has 0 saturated heterocycles. The van der Waals surface area contributed by atoms with E-state index in [9.17, 15) is 5.26 Å². The van der Waals surface area contributed by atoms with E-state index in [-0.39, 0.29) is 11.3 Å². The molecule has 4 heteroatoms. The monoisotopic (exact) mass is 421 g/mol. The summed E-state index contributed by atoms with van der Waals surface area (Å²) in [6, 6.07) is 20.7. The summed E-state index contributed by atoms with van der Waals surface area (Å²) < 4.78 is 6.45. The molecule has 0 radical (unpaired) electrons. The van der Waals surface area contributed by atoms with Gasteiger partial charge in [-0.3, -0.25) is 0 Å². The summed E-state index contributed by atoms with van der Waals surface area (Å²) in [5.41, 5.74) is 4.02. The van der Waals surface area contributed by atoms with Crippen molar-refractivity contribution in [2.75, 3.05) is 11.9 Å². The fraction of sp³-hybridized carbons (Fsp3) is 0.286. The average molecular weight is 422 g/mol. The standard InChI is InChI=1S/C28H27N3O/c1-30-27(21-29)23-19-26(32-28(20-23)17-7-4-8-18-28)16-13-22-11-14-25(15-12-22)31(2)24-9-5-3-6-10-24/h3,5-6,9-16,19H,4,7-8,17-18,20H2,2H3/b16-13+,27-23+. The van der Waals surface area contributed by atoms with E-state index in [0.29, 0.717) is 6.42 Å². The SMILES string of the molecule is [C-]#[N+]/C(C#N)=C1C=C(/C=C/c2ccc(N(C)c3ccccc3)cc2)OC2(CCCCC2)C\1. The van der Waals surface area contributed by atoms with Crippen LogP contribution in [0.25, 0.3) is 10.9 Å². The molecule has 160 valence electrons. The molecule has 1 spiro atoms. The summed E-state index contributed by atoms with van der Waals surface area (Å²) in [7, 11) is 2.06. The molecule has 2 aliphatic rings. The van der Waals surface area contributed by atoms with Crippen molar-refractivity contribution >= 4 is 17.5 Å². The van der Waals surface area contributed by atoms with Crippen LogP contribution in [0.4, 0.5) is 11.4 Å². The highest BCUT2D eigenvalue weighted by Crippen LogP contribution is 2.43. The first-order valence-electron chi connectivity index (χ1n) is 11.1. The molecule has 0 atom stereocenters. The Morgan fingerprint density at radius 1 is 1.03 bits per heavy atom. The normalized spacial score (nSPS) is 18.9. The van der Waals surface area contributed by atoms with Crippen molar-refractivity contribution in [1.82, 2.24) is 0 Å². The molecule has 2 aromatic carbocycles. The topological polar surface area (TPSA) is 40.6 Å². The summed E-state index contributed by atoms with van der Waals surface area (Å²) in [5.74, 6) is 0.732. The van der Waals surface area contributed by atoms with E-state index in [1.807, 2.05) is 36.4 Å². The highest BCUT2D eigenvalue weighted by molar-refractivity contribution is 5.65. The number of nitriles is 1. The molecule has 0 N–H and O–H groups in total. The third-order valence-electron chi connectivity index (χ3n) is 6.31. The Morgan fingerprint density at radius 2 is 1.72 bits per heavy atom. The molecule has 32 heavy (non-hydrogen) atoms. The highest BCUT2D eigenvalue weighted by atomic mass is 16.5. The maximum Gasteiger partial charge on any atom is 0.265 e. The molecular weight excluding hydrogens is 394 g/mol. The Balaban J connectivity index is 1.55. The largest absolute Gasteiger partial charge is 0.487 e. The van der Waals surface area contributed by atoms with Gasteiger partial charge in [0.2, 0.25) is 0 Å². The summed E-state index contributed by atoms with van der Waals surface area (Å²) in [6.45, 7) is 7.37. The number of anilines is 2. The number of rotatable bonds is 4. The van der Waals surface area contributed by atoms with E-state index in [0.717, 1.165) is 54.0 Å². The first-order valence-corrected chi connectivity index (χ1v) is 11.1. The third kappa shape index (κ3) is 4.76. The minimum Gasteiger partial charge on any atom is -0.487 e. The lowest BCUT2D eigenvalue weighted by Gasteiger charge is -2.41. The summed E-state index contributed by atoms with van der Waals surface area (Å²) in [5, 5.41) is 9.40. The Hall–Kier alpha value is -3.76. The van der Waals surface area contributed by atoms with Gasteiger partial charge >= 0.3 is 0 Å². The van der Waals surface area contributed by atoms with Crippen molar-refractivity contribution in [2.24, 2.45) is 0 Å². The van der Waals surface area contributed by atoms with E-state index >= 15 is 0 Å². The summed E-state index contributed by atoms with van der Waals surface area (Å²) in [6.07, 6.45) is 11.9. The lowest BCUT2D eigenvalue weighted by Crippen LogP contribution is -2.37. The van der Waals surface area contributed by atoms with E-state index in [1.165, 1.54) is 6.42 Å². The number of hydrogen-bond donors (Lipinski definition) is 0. The molecule has 1 heterocycles. The number of ether oxygens (including phenoxy) is 1. The molecule has 4 nitrogen and oxygen atoms in total. The van der Waals surface area contributed by atoms with Crippen LogP contribution in [0.3, 0.4) is 0 Å². The summed E-state index contributed by atoms with van der Waals surface area (Å²) >= 11 is 0. The number of para-hydroxylation sites is 1. The second-order valence-corrected chi connectivity index (χ2v) is 8.49. The van der Waals surface area contributed by atoms with Gasteiger partial charge < -0.3 is 9.64 Å². The molecular formula is C28H27N3O. The molecule has 0 aromatic heterocycles. The number of nitrogens with zero attached hydrogens (tertiary/aromatic N) is 3. The Morgan fingerprint density at radius 3 is 2.38 bits per heavy atom. The first-order chi connectivity index (χ1) is 15.6. The van der Waals surface area contributed by atoms with E-state index in [2.05, 4.69) is 59.3 Å². The third-order valence-corrected chi connectivity index (χ3v) is 6.31. The zero-order chi connectivity index (χ0) is 22.4. The highest BCUT2D eigenvalue weighted by Gasteiger charge is 2.38. The van der Waals surface area contributed by atoms with Crippen LogP contribution in [0, 0.1) is 17.9 Å². The van der Waals surface area contributed by atoms with Crippen LogP contribution in [0.1, 0.15) is 44.1 Å². The smallest absolute Gasteiger partial charge is 0.265 e. The van der Waals surface area contributed by atoms with Gasteiger partial charge in [-0.2, -0.15) is 0 Å². The lowest BCUT2D eigenvalue weighted by molar-refractivity contribution is -0.0285. The van der Waals surface area contributed by atoms with E-state index in [4.69, 9.17) is 11.3 Å². The molecule has 0 amide bonds. The molecule has 1 saturated carbocycles. The van der Waals surface area contributed by atoms with Gasteiger partial charge in [0.1, 0.15) is 11.4 Å². The van der Waals surface area contributed by atoms with Gasteiger partial charge in [0, 0.05) is 24.8 Å². The van der Waals surface area contributed by atoms with Crippen LogP contribution in [-0.2, 0) is 4.74 Å². The second-order valence-electron chi connectivity index (χ2n) is 8.49.